The molecule has 0 aromatic carbocycles. The van der Waals surface area contributed by atoms with E-state index in [1.54, 1.807) is 0 Å². The van der Waals surface area contributed by atoms with Gasteiger partial charge >= 0.3 is 0 Å². The third-order valence-corrected chi connectivity index (χ3v) is 6.17. The van der Waals surface area contributed by atoms with Crippen molar-refractivity contribution in [2.45, 2.75) is 36.8 Å². The molecule has 0 heterocycles. The molecule has 1 fully saturated rings. The minimum Gasteiger partial charge on any atom is -0.0718 e. The molecule has 0 bridgehead atoms. The lowest BCUT2D eigenvalue weighted by Crippen LogP contribution is -2.05. The van der Waals surface area contributed by atoms with E-state index >= 15 is 0 Å². The Balaban J connectivity index is 2.73. The van der Waals surface area contributed by atoms with Crippen LogP contribution in [0.5, 0.6) is 0 Å². The molecule has 1 aliphatic rings. The van der Waals surface area contributed by atoms with Gasteiger partial charge in [-0.25, -0.2) is 0 Å². The molecule has 0 aromatic rings. The Labute approximate surface area is 80.0 Å². The van der Waals surface area contributed by atoms with Gasteiger partial charge in [-0.05, 0) is 24.2 Å². The van der Waals surface area contributed by atoms with E-state index in [-0.39, 0.29) is 3.23 Å². The van der Waals surface area contributed by atoms with E-state index in [9.17, 15) is 0 Å². The topological polar surface area (TPSA) is 0 Å². The van der Waals surface area contributed by atoms with Crippen molar-refractivity contribution in [3.05, 3.63) is 0 Å². The maximum Gasteiger partial charge on any atom is 0.0895 e. The fourth-order valence-electron chi connectivity index (χ4n) is 2.04. The summed E-state index contributed by atoms with van der Waals surface area (Å²) in [4.78, 5) is 0. The van der Waals surface area contributed by atoms with E-state index in [0.717, 1.165) is 5.92 Å². The third-order valence-electron chi connectivity index (χ3n) is 3.22. The van der Waals surface area contributed by atoms with Gasteiger partial charge in [0.2, 0.25) is 0 Å². The first-order chi connectivity index (χ1) is 4.53. The van der Waals surface area contributed by atoms with Crippen LogP contribution >= 0.6 is 31.9 Å². The van der Waals surface area contributed by atoms with Crippen LogP contribution in [0.25, 0.3) is 0 Å². The summed E-state index contributed by atoms with van der Waals surface area (Å²) in [5.41, 5.74) is 0.521. The molecule has 10 heavy (non-hydrogen) atoms. The molecule has 2 heteroatoms. The smallest absolute Gasteiger partial charge is 0.0718 e. The maximum atomic E-state index is 3.71. The minimum atomic E-state index is 0.247. The van der Waals surface area contributed by atoms with Crippen molar-refractivity contribution in [1.29, 1.82) is 0 Å². The van der Waals surface area contributed by atoms with Crippen LogP contribution in [0, 0.1) is 11.3 Å². The first-order valence-electron chi connectivity index (χ1n) is 3.90. The fraction of sp³-hybridized carbons (Fsp3) is 1.00. The van der Waals surface area contributed by atoms with Gasteiger partial charge < -0.3 is 0 Å². The summed E-state index contributed by atoms with van der Waals surface area (Å²) in [6, 6.07) is 0. The largest absolute Gasteiger partial charge is 0.0895 e. The normalized spacial score (nSPS) is 33.9. The number of halogens is 2. The Morgan fingerprint density at radius 3 is 1.50 bits per heavy atom. The van der Waals surface area contributed by atoms with Crippen molar-refractivity contribution < 1.29 is 0 Å². The van der Waals surface area contributed by atoms with Gasteiger partial charge in [-0.3, -0.25) is 0 Å². The van der Waals surface area contributed by atoms with E-state index in [1.807, 2.05) is 0 Å². The van der Waals surface area contributed by atoms with Crippen LogP contribution in [-0.4, -0.2) is 3.23 Å². The van der Waals surface area contributed by atoms with Crippen LogP contribution in [0.2, 0.25) is 0 Å². The molecule has 1 saturated carbocycles. The number of hydrogen-bond acceptors (Lipinski definition) is 0. The van der Waals surface area contributed by atoms with Crippen LogP contribution in [0.3, 0.4) is 0 Å². The highest BCUT2D eigenvalue weighted by molar-refractivity contribution is 9.25. The summed E-state index contributed by atoms with van der Waals surface area (Å²) < 4.78 is 0.247. The number of alkyl halides is 2. The van der Waals surface area contributed by atoms with Crippen LogP contribution in [0.4, 0.5) is 0 Å². The van der Waals surface area contributed by atoms with Gasteiger partial charge in [0.15, 0.2) is 0 Å². The summed E-state index contributed by atoms with van der Waals surface area (Å²) in [6.45, 7) is 6.84. The van der Waals surface area contributed by atoms with Crippen LogP contribution in [0.1, 0.15) is 33.6 Å². The molecule has 1 atom stereocenters. The summed E-state index contributed by atoms with van der Waals surface area (Å²) in [5, 5.41) is 0. The van der Waals surface area contributed by atoms with Crippen molar-refractivity contribution in [3.8, 4) is 0 Å². The second-order valence-electron chi connectivity index (χ2n) is 3.21. The molecule has 0 aliphatic heterocycles. The molecule has 1 unspecified atom stereocenters. The van der Waals surface area contributed by atoms with Crippen molar-refractivity contribution in [2.75, 3.05) is 0 Å². The zero-order valence-electron chi connectivity index (χ0n) is 6.75. The molecule has 0 spiro atoms. The SMILES string of the molecule is CCC1(CC)C(C)C1(Br)Br. The molecule has 60 valence electrons. The van der Waals surface area contributed by atoms with E-state index in [0.29, 0.717) is 5.41 Å². The monoisotopic (exact) mass is 268 g/mol. The van der Waals surface area contributed by atoms with Gasteiger partial charge in [-0.2, -0.15) is 0 Å². The minimum absolute atomic E-state index is 0.247. The standard InChI is InChI=1S/C8H14Br2/c1-4-7(5-2)6(3)8(7,9)10/h6H,4-5H2,1-3H3. The van der Waals surface area contributed by atoms with Gasteiger partial charge in [0, 0.05) is 0 Å². The molecule has 0 amide bonds. The summed E-state index contributed by atoms with van der Waals surface area (Å²) in [6.07, 6.45) is 2.53. The molecular formula is C8H14Br2. The highest BCUT2D eigenvalue weighted by Crippen LogP contribution is 2.74. The second kappa shape index (κ2) is 2.48. The predicted octanol–water partition coefficient (Wildman–Crippen LogP) is 3.93. The quantitative estimate of drug-likeness (QED) is 0.667. The molecule has 0 N–H and O–H groups in total. The second-order valence-corrected chi connectivity index (χ2v) is 6.77. The molecule has 0 saturated heterocycles. The molecule has 1 aliphatic carbocycles. The van der Waals surface area contributed by atoms with Gasteiger partial charge in [0.25, 0.3) is 0 Å². The highest BCUT2D eigenvalue weighted by atomic mass is 79.9. The van der Waals surface area contributed by atoms with Crippen molar-refractivity contribution in [2.24, 2.45) is 11.3 Å². The third kappa shape index (κ3) is 0.842. The summed E-state index contributed by atoms with van der Waals surface area (Å²) in [5.74, 6) is 0.773. The number of hydrogen-bond donors (Lipinski definition) is 0. The maximum absolute atomic E-state index is 3.71. The molecule has 0 radical (unpaired) electrons. The molecular weight excluding hydrogens is 256 g/mol. The average molecular weight is 270 g/mol. The Hall–Kier alpha value is 0.960. The lowest BCUT2D eigenvalue weighted by molar-refractivity contribution is 0.433. The van der Waals surface area contributed by atoms with E-state index in [1.165, 1.54) is 12.8 Å². The Morgan fingerprint density at radius 2 is 1.50 bits per heavy atom. The van der Waals surface area contributed by atoms with Crippen LogP contribution in [-0.2, 0) is 0 Å². The molecule has 0 nitrogen and oxygen atoms in total. The van der Waals surface area contributed by atoms with Crippen molar-refractivity contribution in [3.63, 3.8) is 0 Å². The zero-order chi connectivity index (χ0) is 7.99. The highest BCUT2D eigenvalue weighted by Gasteiger charge is 2.69. The summed E-state index contributed by atoms with van der Waals surface area (Å²) >= 11 is 7.42. The lowest BCUT2D eigenvalue weighted by atomic mass is 9.98. The van der Waals surface area contributed by atoms with Gasteiger partial charge in [0.05, 0.1) is 3.23 Å². The molecule has 0 aromatic heterocycles. The Bertz CT molecular complexity index is 136. The van der Waals surface area contributed by atoms with Gasteiger partial charge in [-0.15, -0.1) is 0 Å². The average Bonchev–Trinajstić information content (AvgIpc) is 2.31. The lowest BCUT2D eigenvalue weighted by Gasteiger charge is -2.12. The fourth-order valence-corrected chi connectivity index (χ4v) is 4.50. The van der Waals surface area contributed by atoms with Crippen LogP contribution in [0.15, 0.2) is 0 Å². The first kappa shape index (κ1) is 9.05. The van der Waals surface area contributed by atoms with E-state index in [4.69, 9.17) is 0 Å². The van der Waals surface area contributed by atoms with Crippen molar-refractivity contribution >= 4 is 31.9 Å². The first-order valence-corrected chi connectivity index (χ1v) is 5.49. The number of rotatable bonds is 2. The Kier molecular flexibility index (Phi) is 2.24. The Morgan fingerprint density at radius 1 is 1.20 bits per heavy atom. The van der Waals surface area contributed by atoms with Gasteiger partial charge in [0.1, 0.15) is 0 Å². The summed E-state index contributed by atoms with van der Waals surface area (Å²) in [7, 11) is 0. The van der Waals surface area contributed by atoms with E-state index < -0.39 is 0 Å². The predicted molar refractivity (Wildman–Crippen MR) is 52.8 cm³/mol. The van der Waals surface area contributed by atoms with Gasteiger partial charge in [-0.1, -0.05) is 52.6 Å². The van der Waals surface area contributed by atoms with E-state index in [2.05, 4.69) is 52.6 Å². The zero-order valence-corrected chi connectivity index (χ0v) is 9.92. The van der Waals surface area contributed by atoms with Crippen LogP contribution < -0.4 is 0 Å². The molecule has 1 rings (SSSR count). The van der Waals surface area contributed by atoms with Crippen molar-refractivity contribution in [1.82, 2.24) is 0 Å².